The first kappa shape index (κ1) is 23.2. The maximum Gasteiger partial charge on any atom is 0.269 e. The molecule has 0 fully saturated rings. The Morgan fingerprint density at radius 1 is 0.848 bits per heavy atom. The number of ether oxygens (including phenoxy) is 2. The van der Waals surface area contributed by atoms with E-state index in [4.69, 9.17) is 9.47 Å². The molecule has 3 aromatic rings. The number of hydrogen-bond acceptors (Lipinski definition) is 8. The Balaban J connectivity index is 1.89. The van der Waals surface area contributed by atoms with E-state index in [2.05, 4.69) is 5.32 Å². The topological polar surface area (TPSA) is 134 Å². The number of nitrogens with one attached hydrogen (secondary N) is 1. The molecule has 0 aliphatic heterocycles. The molecule has 0 saturated carbocycles. The third kappa shape index (κ3) is 5.62. The predicted octanol–water partition coefficient (Wildman–Crippen LogP) is 4.95. The summed E-state index contributed by atoms with van der Waals surface area (Å²) in [5.74, 6) is 0.706. The van der Waals surface area contributed by atoms with Crippen LogP contribution in [0.15, 0.2) is 66.7 Å². The largest absolute Gasteiger partial charge is 0.493 e. The van der Waals surface area contributed by atoms with Gasteiger partial charge in [0, 0.05) is 41.9 Å². The van der Waals surface area contributed by atoms with E-state index >= 15 is 0 Å². The molecule has 10 nitrogen and oxygen atoms in total. The Kier molecular flexibility index (Phi) is 7.19. The molecule has 0 aliphatic rings. The standard InChI is InChI=1S/C23H21N3O7/c1-32-22-12-5-16(13-23(22)33-2)21(27)14-20(15-3-8-18(9-4-15)25(28)29)24-17-6-10-19(11-7-17)26(30)31/h3-13,20,24H,14H2,1-2H3. The SMILES string of the molecule is COc1ccc(C(=O)CC(Nc2ccc([N+](=O)[O-])cc2)c2ccc([N+](=O)[O-])cc2)cc1OC. The zero-order valence-corrected chi connectivity index (χ0v) is 17.9. The number of Topliss-reactive ketones (excluding diaryl/α,β-unsaturated/α-hetero) is 1. The van der Waals surface area contributed by atoms with Crippen LogP contribution >= 0.6 is 0 Å². The molecule has 1 unspecified atom stereocenters. The van der Waals surface area contributed by atoms with Gasteiger partial charge in [0.2, 0.25) is 0 Å². The number of hydrogen-bond donors (Lipinski definition) is 1. The lowest BCUT2D eigenvalue weighted by atomic mass is 9.97. The average molecular weight is 451 g/mol. The van der Waals surface area contributed by atoms with Crippen LogP contribution in [-0.2, 0) is 0 Å². The van der Waals surface area contributed by atoms with Gasteiger partial charge in [0.05, 0.1) is 30.1 Å². The Morgan fingerprint density at radius 3 is 1.91 bits per heavy atom. The van der Waals surface area contributed by atoms with Crippen molar-refractivity contribution in [2.45, 2.75) is 12.5 Å². The first-order chi connectivity index (χ1) is 15.8. The number of rotatable bonds is 10. The molecule has 3 rings (SSSR count). The fourth-order valence-corrected chi connectivity index (χ4v) is 3.27. The van der Waals surface area contributed by atoms with Crippen molar-refractivity contribution < 1.29 is 24.1 Å². The Morgan fingerprint density at radius 2 is 1.39 bits per heavy atom. The van der Waals surface area contributed by atoms with E-state index in [0.29, 0.717) is 28.3 Å². The first-order valence-corrected chi connectivity index (χ1v) is 9.83. The second-order valence-electron chi connectivity index (χ2n) is 7.05. The van der Waals surface area contributed by atoms with Gasteiger partial charge in [0.1, 0.15) is 0 Å². The van der Waals surface area contributed by atoms with Gasteiger partial charge >= 0.3 is 0 Å². The van der Waals surface area contributed by atoms with Crippen molar-refractivity contribution in [2.24, 2.45) is 0 Å². The van der Waals surface area contributed by atoms with Gasteiger partial charge in [0.25, 0.3) is 11.4 Å². The minimum Gasteiger partial charge on any atom is -0.493 e. The van der Waals surface area contributed by atoms with Crippen molar-refractivity contribution in [3.63, 3.8) is 0 Å². The summed E-state index contributed by atoms with van der Waals surface area (Å²) in [5.41, 5.74) is 1.48. The van der Waals surface area contributed by atoms with Crippen molar-refractivity contribution in [1.29, 1.82) is 0 Å². The normalized spacial score (nSPS) is 11.3. The molecule has 170 valence electrons. The quantitative estimate of drug-likeness (QED) is 0.260. The van der Waals surface area contributed by atoms with E-state index in [-0.39, 0.29) is 23.6 Å². The number of anilines is 1. The molecule has 0 amide bonds. The lowest BCUT2D eigenvalue weighted by molar-refractivity contribution is -0.385. The second-order valence-corrected chi connectivity index (χ2v) is 7.05. The number of methoxy groups -OCH3 is 2. The van der Waals surface area contributed by atoms with Crippen LogP contribution in [0.5, 0.6) is 11.5 Å². The highest BCUT2D eigenvalue weighted by Crippen LogP contribution is 2.31. The lowest BCUT2D eigenvalue weighted by Gasteiger charge is -2.20. The zero-order chi connectivity index (χ0) is 24.0. The second kappa shape index (κ2) is 10.2. The van der Waals surface area contributed by atoms with Gasteiger partial charge in [-0.05, 0) is 35.9 Å². The highest BCUT2D eigenvalue weighted by Gasteiger charge is 2.20. The van der Waals surface area contributed by atoms with Crippen LogP contribution in [0.2, 0.25) is 0 Å². The molecule has 1 atom stereocenters. The number of nitro groups is 2. The monoisotopic (exact) mass is 451 g/mol. The van der Waals surface area contributed by atoms with Crippen LogP contribution in [0, 0.1) is 20.2 Å². The van der Waals surface area contributed by atoms with E-state index in [0.717, 1.165) is 0 Å². The number of nitrogens with zero attached hydrogens (tertiary/aromatic N) is 2. The summed E-state index contributed by atoms with van der Waals surface area (Å²) >= 11 is 0. The molecule has 33 heavy (non-hydrogen) atoms. The van der Waals surface area contributed by atoms with Crippen LogP contribution in [-0.4, -0.2) is 29.8 Å². The van der Waals surface area contributed by atoms with Crippen LogP contribution in [0.4, 0.5) is 17.1 Å². The van der Waals surface area contributed by atoms with Gasteiger partial charge in [-0.2, -0.15) is 0 Å². The van der Waals surface area contributed by atoms with Crippen molar-refractivity contribution in [1.82, 2.24) is 0 Å². The number of non-ortho nitro benzene ring substituents is 2. The molecular weight excluding hydrogens is 430 g/mol. The summed E-state index contributed by atoms with van der Waals surface area (Å²) in [4.78, 5) is 34.0. The smallest absolute Gasteiger partial charge is 0.269 e. The molecule has 10 heteroatoms. The first-order valence-electron chi connectivity index (χ1n) is 9.83. The van der Waals surface area contributed by atoms with E-state index < -0.39 is 15.9 Å². The third-order valence-electron chi connectivity index (χ3n) is 5.02. The van der Waals surface area contributed by atoms with Gasteiger partial charge < -0.3 is 14.8 Å². The Labute approximate surface area is 189 Å². The number of ketones is 1. The molecule has 3 aromatic carbocycles. The van der Waals surface area contributed by atoms with Gasteiger partial charge in [-0.3, -0.25) is 25.0 Å². The number of carbonyl (C=O) groups excluding carboxylic acids is 1. The van der Waals surface area contributed by atoms with Gasteiger partial charge in [-0.25, -0.2) is 0 Å². The van der Waals surface area contributed by atoms with Crippen LogP contribution in [0.3, 0.4) is 0 Å². The molecule has 0 radical (unpaired) electrons. The summed E-state index contributed by atoms with van der Waals surface area (Å²) in [7, 11) is 2.97. The molecule has 0 bridgehead atoms. The lowest BCUT2D eigenvalue weighted by Crippen LogP contribution is -2.16. The van der Waals surface area contributed by atoms with Crippen molar-refractivity contribution >= 4 is 22.8 Å². The molecule has 0 aromatic heterocycles. The van der Waals surface area contributed by atoms with Crippen molar-refractivity contribution in [3.05, 3.63) is 98.1 Å². The van der Waals surface area contributed by atoms with Crippen LogP contribution in [0.25, 0.3) is 0 Å². The summed E-state index contributed by atoms with van der Waals surface area (Å²) in [6.45, 7) is 0. The van der Waals surface area contributed by atoms with Crippen LogP contribution < -0.4 is 14.8 Å². The summed E-state index contributed by atoms with van der Waals surface area (Å²) in [6.07, 6.45) is 0.0181. The summed E-state index contributed by atoms with van der Waals surface area (Å²) in [6, 6.07) is 16.0. The van der Waals surface area contributed by atoms with Crippen molar-refractivity contribution in [3.8, 4) is 11.5 Å². The molecule has 0 aliphatic carbocycles. The van der Waals surface area contributed by atoms with E-state index in [1.54, 1.807) is 30.3 Å². The minimum absolute atomic E-state index is 0.0181. The number of benzene rings is 3. The van der Waals surface area contributed by atoms with Crippen molar-refractivity contribution in [2.75, 3.05) is 19.5 Å². The maximum atomic E-state index is 13.1. The van der Waals surface area contributed by atoms with E-state index in [1.165, 1.54) is 50.6 Å². The van der Waals surface area contributed by atoms with E-state index in [1.807, 2.05) is 0 Å². The Bertz CT molecular complexity index is 1160. The maximum absolute atomic E-state index is 13.1. The highest BCUT2D eigenvalue weighted by atomic mass is 16.6. The minimum atomic E-state index is -0.548. The van der Waals surface area contributed by atoms with Gasteiger partial charge in [-0.15, -0.1) is 0 Å². The fourth-order valence-electron chi connectivity index (χ4n) is 3.27. The molecule has 0 saturated heterocycles. The van der Waals surface area contributed by atoms with Gasteiger partial charge in [0.15, 0.2) is 17.3 Å². The third-order valence-corrected chi connectivity index (χ3v) is 5.02. The highest BCUT2D eigenvalue weighted by molar-refractivity contribution is 5.97. The average Bonchev–Trinajstić information content (AvgIpc) is 2.83. The summed E-state index contributed by atoms with van der Waals surface area (Å²) < 4.78 is 10.5. The van der Waals surface area contributed by atoms with E-state index in [9.17, 15) is 25.0 Å². The van der Waals surface area contributed by atoms with Crippen LogP contribution in [0.1, 0.15) is 28.4 Å². The number of carbonyl (C=O) groups is 1. The zero-order valence-electron chi connectivity index (χ0n) is 17.9. The predicted molar refractivity (Wildman–Crippen MR) is 121 cm³/mol. The summed E-state index contributed by atoms with van der Waals surface area (Å²) in [5, 5.41) is 25.1. The Hall–Kier alpha value is -4.47. The molecular formula is C23H21N3O7. The fraction of sp³-hybridized carbons (Fsp3) is 0.174. The number of nitro benzene ring substituents is 2. The van der Waals surface area contributed by atoms with Gasteiger partial charge in [-0.1, -0.05) is 12.1 Å². The molecule has 0 spiro atoms. The molecule has 0 heterocycles. The molecule has 1 N–H and O–H groups in total.